The number of nitrogens with two attached hydrogens (primary N) is 1. The fourth-order valence-electron chi connectivity index (χ4n) is 2.63. The molecular formula is C15H19FN4S. The number of hydrogen-bond donors (Lipinski definition) is 1. The van der Waals surface area contributed by atoms with Gasteiger partial charge in [-0.3, -0.25) is 0 Å². The van der Waals surface area contributed by atoms with Crippen molar-refractivity contribution >= 4 is 11.8 Å². The zero-order valence-corrected chi connectivity index (χ0v) is 12.7. The van der Waals surface area contributed by atoms with Gasteiger partial charge in [0.15, 0.2) is 5.16 Å². The molecule has 0 bridgehead atoms. The molecule has 112 valence electrons. The molecule has 0 saturated heterocycles. The molecule has 2 aromatic rings. The van der Waals surface area contributed by atoms with Gasteiger partial charge in [0.1, 0.15) is 11.6 Å². The second-order valence-electron chi connectivity index (χ2n) is 5.26. The number of hydrogen-bond acceptors (Lipinski definition) is 4. The van der Waals surface area contributed by atoms with Crippen LogP contribution in [0, 0.1) is 5.82 Å². The first-order valence-corrected chi connectivity index (χ1v) is 8.20. The fraction of sp³-hybridized carbons (Fsp3) is 0.467. The predicted octanol–water partition coefficient (Wildman–Crippen LogP) is 2.94. The van der Waals surface area contributed by atoms with Gasteiger partial charge in [0.25, 0.3) is 0 Å². The van der Waals surface area contributed by atoms with Crippen LogP contribution < -0.4 is 5.73 Å². The van der Waals surface area contributed by atoms with Crippen molar-refractivity contribution in [3.63, 3.8) is 0 Å². The van der Waals surface area contributed by atoms with Crippen molar-refractivity contribution in [3.8, 4) is 0 Å². The van der Waals surface area contributed by atoms with Crippen molar-refractivity contribution in [1.82, 2.24) is 14.8 Å². The lowest BCUT2D eigenvalue weighted by Crippen LogP contribution is -2.11. The average molecular weight is 306 g/mol. The first-order chi connectivity index (χ1) is 10.3. The van der Waals surface area contributed by atoms with Crippen molar-refractivity contribution in [2.75, 3.05) is 6.54 Å². The quantitative estimate of drug-likeness (QED) is 0.882. The molecular weight excluding hydrogens is 287 g/mol. The number of benzene rings is 1. The number of aromatic nitrogens is 3. The fourth-order valence-corrected chi connectivity index (χ4v) is 3.68. The van der Waals surface area contributed by atoms with E-state index in [0.717, 1.165) is 35.9 Å². The van der Waals surface area contributed by atoms with Crippen LogP contribution in [0.25, 0.3) is 0 Å². The summed E-state index contributed by atoms with van der Waals surface area (Å²) in [5.41, 5.74) is 6.77. The van der Waals surface area contributed by atoms with Crippen LogP contribution in [0.4, 0.5) is 4.39 Å². The van der Waals surface area contributed by atoms with E-state index >= 15 is 0 Å². The van der Waals surface area contributed by atoms with Crippen molar-refractivity contribution < 1.29 is 4.39 Å². The molecule has 0 saturated carbocycles. The van der Waals surface area contributed by atoms with Gasteiger partial charge in [0.05, 0.1) is 0 Å². The summed E-state index contributed by atoms with van der Waals surface area (Å²) in [4.78, 5) is 0. The molecule has 2 heterocycles. The van der Waals surface area contributed by atoms with E-state index in [1.807, 2.05) is 6.07 Å². The molecule has 4 nitrogen and oxygen atoms in total. The molecule has 1 aliphatic rings. The molecule has 1 aromatic heterocycles. The van der Waals surface area contributed by atoms with Crippen LogP contribution in [0.5, 0.6) is 0 Å². The van der Waals surface area contributed by atoms with Crippen LogP contribution in [0.1, 0.15) is 35.9 Å². The van der Waals surface area contributed by atoms with Gasteiger partial charge in [-0.1, -0.05) is 30.3 Å². The maximum Gasteiger partial charge on any atom is 0.191 e. The van der Waals surface area contributed by atoms with Crippen LogP contribution in [-0.2, 0) is 13.0 Å². The summed E-state index contributed by atoms with van der Waals surface area (Å²) in [5.74, 6) is 0.830. The van der Waals surface area contributed by atoms with E-state index in [-0.39, 0.29) is 11.1 Å². The monoisotopic (exact) mass is 306 g/mol. The zero-order chi connectivity index (χ0) is 14.7. The summed E-state index contributed by atoms with van der Waals surface area (Å²) in [5, 5.41) is 9.49. The number of thioether (sulfide) groups is 1. The highest BCUT2D eigenvalue weighted by Gasteiger charge is 2.19. The molecule has 6 heteroatoms. The minimum absolute atomic E-state index is 0.00254. The van der Waals surface area contributed by atoms with E-state index in [0.29, 0.717) is 6.54 Å². The first kappa shape index (κ1) is 14.5. The standard InChI is InChI=1S/C15H19FN4S/c16-12-6-4-5-11(9-12)13(10-17)21-15-19-18-14-7-2-1-3-8-20(14)15/h4-6,9,13H,1-3,7-8,10,17H2. The summed E-state index contributed by atoms with van der Waals surface area (Å²) in [6.45, 7) is 1.40. The highest BCUT2D eigenvalue weighted by atomic mass is 32.2. The lowest BCUT2D eigenvalue weighted by molar-refractivity contribution is 0.590. The van der Waals surface area contributed by atoms with Gasteiger partial charge in [-0.25, -0.2) is 4.39 Å². The number of aryl methyl sites for hydroxylation is 1. The summed E-state index contributed by atoms with van der Waals surface area (Å²) in [7, 11) is 0. The average Bonchev–Trinajstić information content (AvgIpc) is 2.71. The molecule has 3 rings (SSSR count). The summed E-state index contributed by atoms with van der Waals surface area (Å²) in [6.07, 6.45) is 4.55. The van der Waals surface area contributed by atoms with Gasteiger partial charge in [0.2, 0.25) is 0 Å². The third-order valence-corrected chi connectivity index (χ3v) is 5.02. The Labute approximate surface area is 127 Å². The molecule has 0 fully saturated rings. The Morgan fingerprint density at radius 2 is 2.19 bits per heavy atom. The third kappa shape index (κ3) is 3.27. The third-order valence-electron chi connectivity index (χ3n) is 3.76. The van der Waals surface area contributed by atoms with Crippen molar-refractivity contribution in [3.05, 3.63) is 41.5 Å². The minimum atomic E-state index is -0.230. The molecule has 1 aliphatic heterocycles. The molecule has 0 amide bonds. The summed E-state index contributed by atoms with van der Waals surface area (Å²) in [6, 6.07) is 6.63. The number of fused-ring (bicyclic) bond motifs is 1. The van der Waals surface area contributed by atoms with Gasteiger partial charge in [-0.2, -0.15) is 0 Å². The maximum absolute atomic E-state index is 13.4. The van der Waals surface area contributed by atoms with Gasteiger partial charge in [0, 0.05) is 24.8 Å². The van der Waals surface area contributed by atoms with Gasteiger partial charge < -0.3 is 10.3 Å². The van der Waals surface area contributed by atoms with E-state index in [4.69, 9.17) is 5.73 Å². The van der Waals surface area contributed by atoms with Gasteiger partial charge in [-0.15, -0.1) is 10.2 Å². The van der Waals surface area contributed by atoms with E-state index < -0.39 is 0 Å². The second kappa shape index (κ2) is 6.58. The first-order valence-electron chi connectivity index (χ1n) is 7.32. The van der Waals surface area contributed by atoms with E-state index in [2.05, 4.69) is 14.8 Å². The lowest BCUT2D eigenvalue weighted by atomic mass is 10.1. The minimum Gasteiger partial charge on any atom is -0.329 e. The Hall–Kier alpha value is -1.40. The maximum atomic E-state index is 13.4. The molecule has 0 radical (unpaired) electrons. The van der Waals surface area contributed by atoms with Crippen LogP contribution in [0.2, 0.25) is 0 Å². The Balaban J connectivity index is 1.83. The van der Waals surface area contributed by atoms with E-state index in [9.17, 15) is 4.39 Å². The SMILES string of the molecule is NCC(Sc1nnc2n1CCCCC2)c1cccc(F)c1. The Morgan fingerprint density at radius 1 is 1.29 bits per heavy atom. The van der Waals surface area contributed by atoms with Crippen LogP contribution in [-0.4, -0.2) is 21.3 Å². The second-order valence-corrected chi connectivity index (χ2v) is 6.43. The van der Waals surface area contributed by atoms with Crippen LogP contribution >= 0.6 is 11.8 Å². The molecule has 1 atom stereocenters. The Bertz CT molecular complexity index is 613. The zero-order valence-electron chi connectivity index (χ0n) is 11.8. The smallest absolute Gasteiger partial charge is 0.191 e. The molecule has 0 spiro atoms. The largest absolute Gasteiger partial charge is 0.329 e. The Morgan fingerprint density at radius 3 is 3.00 bits per heavy atom. The van der Waals surface area contributed by atoms with Crippen molar-refractivity contribution in [1.29, 1.82) is 0 Å². The van der Waals surface area contributed by atoms with E-state index in [1.165, 1.54) is 18.9 Å². The van der Waals surface area contributed by atoms with Gasteiger partial charge >= 0.3 is 0 Å². The number of halogens is 1. The lowest BCUT2D eigenvalue weighted by Gasteiger charge is -2.15. The predicted molar refractivity (Wildman–Crippen MR) is 81.6 cm³/mol. The van der Waals surface area contributed by atoms with Crippen molar-refractivity contribution in [2.45, 2.75) is 42.6 Å². The number of nitrogens with zero attached hydrogens (tertiary/aromatic N) is 3. The highest BCUT2D eigenvalue weighted by Crippen LogP contribution is 2.34. The van der Waals surface area contributed by atoms with Gasteiger partial charge in [-0.05, 0) is 30.5 Å². The molecule has 21 heavy (non-hydrogen) atoms. The molecule has 0 aliphatic carbocycles. The molecule has 2 N–H and O–H groups in total. The van der Waals surface area contributed by atoms with Crippen LogP contribution in [0.3, 0.4) is 0 Å². The van der Waals surface area contributed by atoms with Crippen molar-refractivity contribution in [2.24, 2.45) is 5.73 Å². The normalized spacial score (nSPS) is 16.3. The molecule has 1 unspecified atom stereocenters. The van der Waals surface area contributed by atoms with E-state index in [1.54, 1.807) is 23.9 Å². The summed E-state index contributed by atoms with van der Waals surface area (Å²) >= 11 is 1.58. The number of rotatable bonds is 4. The highest BCUT2D eigenvalue weighted by molar-refractivity contribution is 7.99. The topological polar surface area (TPSA) is 56.7 Å². The molecule has 1 aromatic carbocycles. The summed E-state index contributed by atoms with van der Waals surface area (Å²) < 4.78 is 15.6. The van der Waals surface area contributed by atoms with Crippen LogP contribution in [0.15, 0.2) is 29.4 Å². The Kier molecular flexibility index (Phi) is 4.55.